The van der Waals surface area contributed by atoms with Crippen LogP contribution in [-0.4, -0.2) is 78.1 Å². The molecule has 8 heteroatoms. The fourth-order valence-corrected chi connectivity index (χ4v) is 3.58. The third-order valence-electron chi connectivity index (χ3n) is 3.52. The van der Waals surface area contributed by atoms with Crippen LogP contribution >= 0.6 is 11.8 Å². The monoisotopic (exact) mass is 311 g/mol. The Kier molecular flexibility index (Phi) is 4.77. The Hall–Kier alpha value is -1.12. The molecule has 7 nitrogen and oxygen atoms in total. The minimum atomic E-state index is 0.202. The molecule has 21 heavy (non-hydrogen) atoms. The predicted molar refractivity (Wildman–Crippen MR) is 84.9 cm³/mol. The first-order valence-corrected chi connectivity index (χ1v) is 8.12. The van der Waals surface area contributed by atoms with Gasteiger partial charge in [0.15, 0.2) is 10.3 Å². The van der Waals surface area contributed by atoms with Crippen molar-refractivity contribution in [1.29, 1.82) is 0 Å². The molecule has 2 saturated heterocycles. The lowest BCUT2D eigenvalue weighted by Crippen LogP contribution is -2.48. The van der Waals surface area contributed by atoms with Crippen molar-refractivity contribution in [3.8, 4) is 0 Å². The van der Waals surface area contributed by atoms with E-state index in [1.165, 1.54) is 6.34 Å². The summed E-state index contributed by atoms with van der Waals surface area (Å²) in [5.41, 5.74) is 0. The molecule has 0 radical (unpaired) electrons. The minimum Gasteiger partial charge on any atom is -0.378 e. The zero-order valence-electron chi connectivity index (χ0n) is 12.4. The Balaban J connectivity index is 1.70. The summed E-state index contributed by atoms with van der Waals surface area (Å²) in [6, 6.07) is 0. The maximum atomic E-state index is 5.78. The number of rotatable bonds is 0. The summed E-state index contributed by atoms with van der Waals surface area (Å²) in [4.78, 5) is 8.88. The zero-order valence-corrected chi connectivity index (χ0v) is 13.3. The highest BCUT2D eigenvalue weighted by Gasteiger charge is 2.28. The van der Waals surface area contributed by atoms with E-state index in [0.29, 0.717) is 0 Å². The van der Waals surface area contributed by atoms with Crippen molar-refractivity contribution in [3.05, 3.63) is 0 Å². The van der Waals surface area contributed by atoms with Gasteiger partial charge >= 0.3 is 0 Å². The van der Waals surface area contributed by atoms with Gasteiger partial charge in [0.25, 0.3) is 0 Å². The van der Waals surface area contributed by atoms with E-state index >= 15 is 0 Å². The molecule has 0 unspecified atom stereocenters. The van der Waals surface area contributed by atoms with Crippen LogP contribution in [-0.2, 0) is 9.47 Å². The average molecular weight is 311 g/mol. The van der Waals surface area contributed by atoms with E-state index in [2.05, 4.69) is 38.8 Å². The number of ether oxygens (including phenoxy) is 2. The van der Waals surface area contributed by atoms with Gasteiger partial charge in [-0.3, -0.25) is 0 Å². The van der Waals surface area contributed by atoms with Crippen molar-refractivity contribution < 1.29 is 9.47 Å². The van der Waals surface area contributed by atoms with Gasteiger partial charge in [-0.15, -0.1) is 10.2 Å². The molecule has 3 aliphatic rings. The Morgan fingerprint density at radius 1 is 1.10 bits per heavy atom. The Bertz CT molecular complexity index is 451. The minimum absolute atomic E-state index is 0.202. The topological polar surface area (TPSA) is 62.0 Å². The largest absolute Gasteiger partial charge is 0.378 e. The smallest absolute Gasteiger partial charge is 0.193 e. The Morgan fingerprint density at radius 2 is 1.81 bits per heavy atom. The molecular formula is C13H21N5O2S. The molecule has 0 aromatic rings. The van der Waals surface area contributed by atoms with Crippen molar-refractivity contribution in [3.63, 3.8) is 0 Å². The maximum Gasteiger partial charge on any atom is 0.193 e. The van der Waals surface area contributed by atoms with Crippen molar-refractivity contribution in [2.24, 2.45) is 15.2 Å². The van der Waals surface area contributed by atoms with Gasteiger partial charge in [0.05, 0.1) is 25.4 Å². The van der Waals surface area contributed by atoms with Crippen LogP contribution in [0.3, 0.4) is 0 Å². The van der Waals surface area contributed by atoms with Crippen LogP contribution in [0.5, 0.6) is 0 Å². The highest BCUT2D eigenvalue weighted by Crippen LogP contribution is 2.21. The second-order valence-corrected chi connectivity index (χ2v) is 6.32. The molecular weight excluding hydrogens is 290 g/mol. The fraction of sp³-hybridized carbons (Fsp3) is 0.769. The molecule has 116 valence electrons. The van der Waals surface area contributed by atoms with E-state index in [1.807, 2.05) is 0 Å². The average Bonchev–Trinajstić information content (AvgIpc) is 2.73. The van der Waals surface area contributed by atoms with E-state index in [1.54, 1.807) is 11.8 Å². The fourth-order valence-electron chi connectivity index (χ4n) is 2.64. The number of thioether (sulfide) groups is 1. The molecule has 0 N–H and O–H groups in total. The van der Waals surface area contributed by atoms with Crippen LogP contribution in [0.15, 0.2) is 15.2 Å². The van der Waals surface area contributed by atoms with Gasteiger partial charge < -0.3 is 19.3 Å². The summed E-state index contributed by atoms with van der Waals surface area (Å²) in [5.74, 6) is 0. The number of amidine groups is 2. The molecule has 0 aliphatic carbocycles. The quantitative estimate of drug-likeness (QED) is 0.663. The molecule has 0 aromatic carbocycles. The molecule has 0 aromatic heterocycles. The molecule has 3 heterocycles. The highest BCUT2D eigenvalue weighted by atomic mass is 32.2. The van der Waals surface area contributed by atoms with E-state index in [4.69, 9.17) is 9.47 Å². The van der Waals surface area contributed by atoms with Crippen molar-refractivity contribution in [2.75, 3.05) is 39.4 Å². The molecule has 3 rings (SSSR count). The Labute approximate surface area is 129 Å². The number of hydrogen-bond acceptors (Lipinski definition) is 8. The lowest BCUT2D eigenvalue weighted by Gasteiger charge is -2.37. The lowest BCUT2D eigenvalue weighted by molar-refractivity contribution is -0.0472. The van der Waals surface area contributed by atoms with Crippen LogP contribution in [0.4, 0.5) is 0 Å². The zero-order chi connectivity index (χ0) is 14.7. The van der Waals surface area contributed by atoms with Crippen LogP contribution in [0, 0.1) is 0 Å². The van der Waals surface area contributed by atoms with Crippen LogP contribution in [0.2, 0.25) is 0 Å². The third-order valence-corrected chi connectivity index (χ3v) is 4.59. The van der Waals surface area contributed by atoms with Gasteiger partial charge in [0.1, 0.15) is 6.34 Å². The summed E-state index contributed by atoms with van der Waals surface area (Å²) >= 11 is 1.59. The van der Waals surface area contributed by atoms with Crippen molar-refractivity contribution in [2.45, 2.75) is 26.1 Å². The van der Waals surface area contributed by atoms with Crippen LogP contribution in [0.25, 0.3) is 0 Å². The van der Waals surface area contributed by atoms with Gasteiger partial charge in [-0.05, 0) is 25.6 Å². The van der Waals surface area contributed by atoms with Crippen LogP contribution in [0.1, 0.15) is 13.8 Å². The van der Waals surface area contributed by atoms with Gasteiger partial charge in [0, 0.05) is 26.2 Å². The van der Waals surface area contributed by atoms with E-state index in [-0.39, 0.29) is 12.2 Å². The summed E-state index contributed by atoms with van der Waals surface area (Å²) < 4.78 is 11.2. The number of nitrogens with zero attached hydrogens (tertiary/aromatic N) is 5. The van der Waals surface area contributed by atoms with Crippen LogP contribution < -0.4 is 0 Å². The molecule has 0 spiro atoms. The lowest BCUT2D eigenvalue weighted by atomic mass is 10.2. The second-order valence-electron chi connectivity index (χ2n) is 5.39. The van der Waals surface area contributed by atoms with Crippen molar-refractivity contribution >= 4 is 28.4 Å². The Morgan fingerprint density at radius 3 is 2.52 bits per heavy atom. The maximum absolute atomic E-state index is 5.78. The number of aliphatic imine (C=N–C) groups is 1. The first-order valence-electron chi connectivity index (χ1n) is 7.30. The molecule has 2 atom stereocenters. The van der Waals surface area contributed by atoms with Gasteiger partial charge in [-0.1, -0.05) is 0 Å². The van der Waals surface area contributed by atoms with Gasteiger partial charge in [0.2, 0.25) is 0 Å². The van der Waals surface area contributed by atoms with Gasteiger partial charge in [-0.25, -0.2) is 4.99 Å². The third kappa shape index (κ3) is 3.75. The summed E-state index contributed by atoms with van der Waals surface area (Å²) in [6.45, 7) is 9.06. The SMILES string of the molecule is C[C@H]1CN(C2=NN=CN=C(N3CCOCC3)S2)C[C@H](C)O1. The summed E-state index contributed by atoms with van der Waals surface area (Å²) in [6.07, 6.45) is 1.93. The molecule has 2 fully saturated rings. The van der Waals surface area contributed by atoms with E-state index in [9.17, 15) is 0 Å². The second kappa shape index (κ2) is 6.76. The summed E-state index contributed by atoms with van der Waals surface area (Å²) in [7, 11) is 0. The number of morpholine rings is 2. The first kappa shape index (κ1) is 14.8. The summed E-state index contributed by atoms with van der Waals surface area (Å²) in [5, 5.41) is 10.2. The standard InChI is InChI=1S/C13H21N5O2S/c1-10-7-18(8-11(2)20-10)13-16-15-9-14-12(21-13)17-3-5-19-6-4-17/h9-11H,3-8H2,1-2H3/t10-,11-/m0/s1. The predicted octanol–water partition coefficient (Wildman–Crippen LogP) is 0.830. The van der Waals surface area contributed by atoms with Crippen molar-refractivity contribution in [1.82, 2.24) is 9.80 Å². The van der Waals surface area contributed by atoms with E-state index in [0.717, 1.165) is 49.7 Å². The number of hydrogen-bond donors (Lipinski definition) is 0. The van der Waals surface area contributed by atoms with Gasteiger partial charge in [-0.2, -0.15) is 0 Å². The normalized spacial score (nSPS) is 30.8. The van der Waals surface area contributed by atoms with E-state index < -0.39 is 0 Å². The highest BCUT2D eigenvalue weighted by molar-refractivity contribution is 8.26. The molecule has 3 aliphatic heterocycles. The molecule has 0 bridgehead atoms. The molecule has 0 amide bonds. The molecule has 0 saturated carbocycles. The first-order chi connectivity index (χ1) is 10.2.